The van der Waals surface area contributed by atoms with E-state index >= 15 is 0 Å². The van der Waals surface area contributed by atoms with Gasteiger partial charge >= 0.3 is 0 Å². The van der Waals surface area contributed by atoms with Crippen molar-refractivity contribution in [2.75, 3.05) is 24.5 Å². The standard InChI is InChI=1S/C25H36N2/c1-22(2)12-11-17-25(26-18-9-10-19-26)21-27(24-15-7-4-8-16-24)20-23-13-5-3-6-14-23/h3-8,13-16,22,25H,9-12,17-21H2,1-2H3. The zero-order valence-corrected chi connectivity index (χ0v) is 17.2. The summed E-state index contributed by atoms with van der Waals surface area (Å²) in [6.45, 7) is 9.35. The zero-order chi connectivity index (χ0) is 18.9. The molecule has 146 valence electrons. The molecule has 1 unspecified atom stereocenters. The van der Waals surface area contributed by atoms with Crippen LogP contribution in [0.25, 0.3) is 0 Å². The number of nitrogens with zero attached hydrogens (tertiary/aromatic N) is 2. The maximum absolute atomic E-state index is 2.75. The molecule has 2 aromatic rings. The van der Waals surface area contributed by atoms with Crippen LogP contribution in [-0.4, -0.2) is 30.6 Å². The van der Waals surface area contributed by atoms with E-state index in [0.717, 1.165) is 19.0 Å². The smallest absolute Gasteiger partial charge is 0.0430 e. The number of hydrogen-bond donors (Lipinski definition) is 0. The van der Waals surface area contributed by atoms with Crippen molar-refractivity contribution in [1.82, 2.24) is 4.90 Å². The number of para-hydroxylation sites is 1. The summed E-state index contributed by atoms with van der Waals surface area (Å²) in [4.78, 5) is 5.34. The molecule has 2 heteroatoms. The molecule has 0 radical (unpaired) electrons. The number of benzene rings is 2. The lowest BCUT2D eigenvalue weighted by atomic mass is 10.0. The number of hydrogen-bond acceptors (Lipinski definition) is 2. The van der Waals surface area contributed by atoms with E-state index in [9.17, 15) is 0 Å². The molecule has 0 saturated carbocycles. The van der Waals surface area contributed by atoms with Crippen LogP contribution in [0.1, 0.15) is 51.5 Å². The zero-order valence-electron chi connectivity index (χ0n) is 17.2. The summed E-state index contributed by atoms with van der Waals surface area (Å²) in [6, 6.07) is 22.5. The van der Waals surface area contributed by atoms with Gasteiger partial charge in [-0.15, -0.1) is 0 Å². The maximum atomic E-state index is 2.75. The largest absolute Gasteiger partial charge is 0.366 e. The average molecular weight is 365 g/mol. The summed E-state index contributed by atoms with van der Waals surface area (Å²) in [6.07, 6.45) is 6.73. The number of likely N-dealkylation sites (tertiary alicyclic amines) is 1. The van der Waals surface area contributed by atoms with Crippen molar-refractivity contribution < 1.29 is 0 Å². The minimum Gasteiger partial charge on any atom is -0.366 e. The third-order valence-corrected chi connectivity index (χ3v) is 5.74. The minimum atomic E-state index is 0.662. The molecular weight excluding hydrogens is 328 g/mol. The van der Waals surface area contributed by atoms with E-state index in [2.05, 4.69) is 84.3 Å². The van der Waals surface area contributed by atoms with E-state index in [4.69, 9.17) is 0 Å². The molecule has 0 N–H and O–H groups in total. The van der Waals surface area contributed by atoms with Crippen molar-refractivity contribution in [3.63, 3.8) is 0 Å². The highest BCUT2D eigenvalue weighted by atomic mass is 15.2. The van der Waals surface area contributed by atoms with Crippen molar-refractivity contribution in [1.29, 1.82) is 0 Å². The minimum absolute atomic E-state index is 0.662. The number of anilines is 1. The molecular formula is C25H36N2. The normalized spacial score (nSPS) is 16.0. The third-order valence-electron chi connectivity index (χ3n) is 5.74. The summed E-state index contributed by atoms with van der Waals surface area (Å²) < 4.78 is 0. The van der Waals surface area contributed by atoms with Gasteiger partial charge in [0, 0.05) is 24.8 Å². The molecule has 0 aromatic heterocycles. The first-order chi connectivity index (χ1) is 13.2. The molecule has 1 saturated heterocycles. The lowest BCUT2D eigenvalue weighted by molar-refractivity contribution is 0.225. The van der Waals surface area contributed by atoms with Gasteiger partial charge in [-0.2, -0.15) is 0 Å². The van der Waals surface area contributed by atoms with Crippen molar-refractivity contribution in [3.05, 3.63) is 66.2 Å². The molecule has 3 rings (SSSR count). The summed E-state index contributed by atoms with van der Waals surface area (Å²) in [7, 11) is 0. The van der Waals surface area contributed by atoms with Gasteiger partial charge in [0.05, 0.1) is 0 Å². The molecule has 0 spiro atoms. The molecule has 0 aliphatic carbocycles. The first-order valence-electron chi connectivity index (χ1n) is 10.8. The highest BCUT2D eigenvalue weighted by molar-refractivity contribution is 5.47. The second-order valence-electron chi connectivity index (χ2n) is 8.42. The highest BCUT2D eigenvalue weighted by Gasteiger charge is 2.24. The SMILES string of the molecule is CC(C)CCCC(CN(Cc1ccccc1)c1ccccc1)N1CCCC1. The Morgan fingerprint density at radius 2 is 1.48 bits per heavy atom. The van der Waals surface area contributed by atoms with Crippen molar-refractivity contribution in [2.45, 2.75) is 58.5 Å². The van der Waals surface area contributed by atoms with Gasteiger partial charge in [0.2, 0.25) is 0 Å². The lowest BCUT2D eigenvalue weighted by Gasteiger charge is -2.35. The first-order valence-corrected chi connectivity index (χ1v) is 10.8. The quantitative estimate of drug-likeness (QED) is 0.511. The van der Waals surface area contributed by atoms with Crippen LogP contribution >= 0.6 is 0 Å². The van der Waals surface area contributed by atoms with Crippen LogP contribution in [0.4, 0.5) is 5.69 Å². The molecule has 27 heavy (non-hydrogen) atoms. The van der Waals surface area contributed by atoms with Crippen molar-refractivity contribution in [3.8, 4) is 0 Å². The van der Waals surface area contributed by atoms with Crippen LogP contribution in [0.15, 0.2) is 60.7 Å². The number of rotatable bonds is 10. The van der Waals surface area contributed by atoms with Gasteiger partial charge in [-0.05, 0) is 56.0 Å². The fraction of sp³-hybridized carbons (Fsp3) is 0.520. The van der Waals surface area contributed by atoms with E-state index in [0.29, 0.717) is 6.04 Å². The molecule has 1 fully saturated rings. The predicted octanol–water partition coefficient (Wildman–Crippen LogP) is 5.98. The molecule has 0 bridgehead atoms. The Bertz CT molecular complexity index is 632. The van der Waals surface area contributed by atoms with Crippen LogP contribution in [0.2, 0.25) is 0 Å². The van der Waals surface area contributed by atoms with Crippen LogP contribution in [0.3, 0.4) is 0 Å². The Morgan fingerprint density at radius 1 is 0.852 bits per heavy atom. The molecule has 1 aliphatic heterocycles. The average Bonchev–Trinajstić information content (AvgIpc) is 3.22. The van der Waals surface area contributed by atoms with Crippen molar-refractivity contribution >= 4 is 5.69 Å². The summed E-state index contributed by atoms with van der Waals surface area (Å²) in [5, 5.41) is 0. The first kappa shape index (κ1) is 19.9. The Morgan fingerprint density at radius 3 is 2.11 bits per heavy atom. The van der Waals surface area contributed by atoms with Gasteiger partial charge < -0.3 is 4.90 Å². The van der Waals surface area contributed by atoms with E-state index in [-0.39, 0.29) is 0 Å². The monoisotopic (exact) mass is 364 g/mol. The Balaban J connectivity index is 1.74. The Labute approximate surface area is 166 Å². The molecule has 2 aromatic carbocycles. The molecule has 1 heterocycles. The van der Waals surface area contributed by atoms with Gasteiger partial charge in [-0.25, -0.2) is 0 Å². The molecule has 1 atom stereocenters. The second-order valence-corrected chi connectivity index (χ2v) is 8.42. The van der Waals surface area contributed by atoms with Gasteiger partial charge in [0.1, 0.15) is 0 Å². The van der Waals surface area contributed by atoms with Crippen LogP contribution in [0, 0.1) is 5.92 Å². The summed E-state index contributed by atoms with van der Waals surface area (Å²) in [5.74, 6) is 0.804. The molecule has 0 amide bonds. The van der Waals surface area contributed by atoms with Gasteiger partial charge in [0.25, 0.3) is 0 Å². The van der Waals surface area contributed by atoms with Gasteiger partial charge in [0.15, 0.2) is 0 Å². The topological polar surface area (TPSA) is 6.48 Å². The Hall–Kier alpha value is -1.80. The van der Waals surface area contributed by atoms with E-state index in [1.807, 2.05) is 0 Å². The molecule has 2 nitrogen and oxygen atoms in total. The summed E-state index contributed by atoms with van der Waals surface area (Å²) in [5.41, 5.74) is 2.73. The van der Waals surface area contributed by atoms with Gasteiger partial charge in [-0.3, -0.25) is 4.90 Å². The highest BCUT2D eigenvalue weighted by Crippen LogP contribution is 2.23. The van der Waals surface area contributed by atoms with E-state index in [1.54, 1.807) is 0 Å². The Kier molecular flexibility index (Phi) is 7.77. The summed E-state index contributed by atoms with van der Waals surface area (Å²) >= 11 is 0. The van der Waals surface area contributed by atoms with Crippen LogP contribution in [-0.2, 0) is 6.54 Å². The van der Waals surface area contributed by atoms with E-state index in [1.165, 1.54) is 56.4 Å². The predicted molar refractivity (Wildman–Crippen MR) is 117 cm³/mol. The van der Waals surface area contributed by atoms with Crippen LogP contribution in [0.5, 0.6) is 0 Å². The van der Waals surface area contributed by atoms with E-state index < -0.39 is 0 Å². The third kappa shape index (κ3) is 6.39. The fourth-order valence-electron chi connectivity index (χ4n) is 4.22. The maximum Gasteiger partial charge on any atom is 0.0430 e. The second kappa shape index (κ2) is 10.5. The fourth-order valence-corrected chi connectivity index (χ4v) is 4.22. The van der Waals surface area contributed by atoms with Crippen LogP contribution < -0.4 is 4.90 Å². The molecule has 1 aliphatic rings. The van der Waals surface area contributed by atoms with Gasteiger partial charge in [-0.1, -0.05) is 75.2 Å². The lowest BCUT2D eigenvalue weighted by Crippen LogP contribution is -2.42. The van der Waals surface area contributed by atoms with Crippen molar-refractivity contribution in [2.24, 2.45) is 5.92 Å².